The zero-order valence-electron chi connectivity index (χ0n) is 16.8. The molecule has 0 amide bonds. The van der Waals surface area contributed by atoms with Crippen molar-refractivity contribution in [3.63, 3.8) is 0 Å². The Balaban J connectivity index is 0. The summed E-state index contributed by atoms with van der Waals surface area (Å²) in [6.07, 6.45) is 3.91. The molecule has 5 N–H and O–H groups in total. The van der Waals surface area contributed by atoms with Crippen LogP contribution in [-0.4, -0.2) is 69.1 Å². The molecule has 27 heavy (non-hydrogen) atoms. The topological polar surface area (TPSA) is 127 Å². The van der Waals surface area contributed by atoms with E-state index in [9.17, 15) is 20.1 Å². The molecule has 0 aromatic rings. The zero-order valence-corrected chi connectivity index (χ0v) is 16.8. The summed E-state index contributed by atoms with van der Waals surface area (Å²) < 4.78 is 4.99. The molecular weight excluding hydrogens is 352 g/mol. The van der Waals surface area contributed by atoms with Crippen molar-refractivity contribution in [2.75, 3.05) is 13.2 Å². The van der Waals surface area contributed by atoms with Crippen molar-refractivity contribution < 1.29 is 35.1 Å². The van der Waals surface area contributed by atoms with Crippen LogP contribution in [-0.2, 0) is 9.53 Å². The molecule has 0 aliphatic heterocycles. The fourth-order valence-corrected chi connectivity index (χ4v) is 2.60. The third-order valence-corrected chi connectivity index (χ3v) is 4.24. The van der Waals surface area contributed by atoms with Gasteiger partial charge in [-0.25, -0.2) is 0 Å². The Labute approximate surface area is 163 Å². The van der Waals surface area contributed by atoms with Crippen molar-refractivity contribution >= 4 is 5.97 Å². The van der Waals surface area contributed by atoms with E-state index in [2.05, 4.69) is 20.1 Å². The zero-order chi connectivity index (χ0) is 21.1. The van der Waals surface area contributed by atoms with Gasteiger partial charge < -0.3 is 30.3 Å². The molecule has 0 bridgehead atoms. The van der Waals surface area contributed by atoms with Crippen LogP contribution < -0.4 is 0 Å². The fraction of sp³-hybridized carbons (Fsp3) is 0.850. The number of carbonyl (C=O) groups is 1. The van der Waals surface area contributed by atoms with E-state index in [1.807, 2.05) is 0 Å². The van der Waals surface area contributed by atoms with Gasteiger partial charge in [0.25, 0.3) is 0 Å². The molecule has 7 nitrogen and oxygen atoms in total. The lowest BCUT2D eigenvalue weighted by Gasteiger charge is -2.28. The minimum absolute atomic E-state index is 0.145. The smallest absolute Gasteiger partial charge is 0.306 e. The first-order valence-corrected chi connectivity index (χ1v) is 9.93. The normalized spacial score (nSPS) is 15.2. The number of aliphatic hydroxyl groups is 5. The summed E-state index contributed by atoms with van der Waals surface area (Å²) in [6.45, 7) is 6.71. The summed E-state index contributed by atoms with van der Waals surface area (Å²) >= 11 is 0. The molecule has 0 spiro atoms. The van der Waals surface area contributed by atoms with E-state index in [1.165, 1.54) is 32.1 Å². The van der Waals surface area contributed by atoms with E-state index in [1.54, 1.807) is 0 Å². The lowest BCUT2D eigenvalue weighted by molar-refractivity contribution is -0.177. The number of hydrogen-bond donors (Lipinski definition) is 5. The molecule has 0 aromatic carbocycles. The van der Waals surface area contributed by atoms with Crippen LogP contribution in [0.15, 0.2) is 13.2 Å². The Morgan fingerprint density at radius 1 is 0.815 bits per heavy atom. The SMILES string of the molecule is C=C.CCCCCCCCCCCC(=O)O[C@@H]([C@H](O)[C@@H](O)CO)[C@H](O)CO. The molecule has 0 saturated heterocycles. The number of ether oxygens (including phenoxy) is 1. The molecule has 0 aliphatic carbocycles. The predicted octanol–water partition coefficient (Wildman–Crippen LogP) is 1.69. The number of carbonyl (C=O) groups excluding carboxylic acids is 1. The summed E-state index contributed by atoms with van der Waals surface area (Å²) in [7, 11) is 0. The van der Waals surface area contributed by atoms with Crippen LogP contribution in [0.25, 0.3) is 0 Å². The van der Waals surface area contributed by atoms with E-state index >= 15 is 0 Å². The summed E-state index contributed by atoms with van der Waals surface area (Å²) in [5, 5.41) is 46.7. The molecule has 0 fully saturated rings. The Hall–Kier alpha value is -0.990. The number of unbranched alkanes of at least 4 members (excludes halogenated alkanes) is 8. The van der Waals surface area contributed by atoms with Crippen LogP contribution in [0.3, 0.4) is 0 Å². The van der Waals surface area contributed by atoms with Gasteiger partial charge in [-0.2, -0.15) is 0 Å². The van der Waals surface area contributed by atoms with Crippen LogP contribution in [0.5, 0.6) is 0 Å². The summed E-state index contributed by atoms with van der Waals surface area (Å²) in [4.78, 5) is 11.8. The van der Waals surface area contributed by atoms with E-state index in [0.29, 0.717) is 6.42 Å². The lowest BCUT2D eigenvalue weighted by atomic mass is 10.0. The van der Waals surface area contributed by atoms with Gasteiger partial charge in [0.1, 0.15) is 18.3 Å². The van der Waals surface area contributed by atoms with E-state index in [-0.39, 0.29) is 6.42 Å². The quantitative estimate of drug-likeness (QED) is 0.154. The van der Waals surface area contributed by atoms with Crippen molar-refractivity contribution in [3.8, 4) is 0 Å². The van der Waals surface area contributed by atoms with Gasteiger partial charge in [0.15, 0.2) is 6.10 Å². The molecule has 0 aromatic heterocycles. The standard InChI is InChI=1S/C18H36O7.C2H4/c1-2-3-4-5-6-7-8-9-10-11-16(23)25-18(15(22)13-20)17(24)14(21)12-19;1-2/h14-15,17-22,24H,2-13H2,1H3;1-2H2/t14-,15+,17+,18+;/m0./s1. The van der Waals surface area contributed by atoms with Gasteiger partial charge in [-0.3, -0.25) is 4.79 Å². The number of rotatable bonds is 16. The molecule has 7 heteroatoms. The van der Waals surface area contributed by atoms with Gasteiger partial charge in [-0.1, -0.05) is 58.3 Å². The van der Waals surface area contributed by atoms with Gasteiger partial charge in [0.2, 0.25) is 0 Å². The predicted molar refractivity (Wildman–Crippen MR) is 105 cm³/mol. The van der Waals surface area contributed by atoms with Crippen LogP contribution in [0.2, 0.25) is 0 Å². The van der Waals surface area contributed by atoms with Gasteiger partial charge >= 0.3 is 5.97 Å². The first kappa shape index (κ1) is 28.2. The van der Waals surface area contributed by atoms with Crippen LogP contribution in [0.1, 0.15) is 71.1 Å². The Bertz CT molecular complexity index is 338. The Morgan fingerprint density at radius 3 is 1.70 bits per heavy atom. The molecule has 4 atom stereocenters. The second kappa shape index (κ2) is 19.8. The average molecular weight is 393 g/mol. The summed E-state index contributed by atoms with van der Waals surface area (Å²) in [6, 6.07) is 0. The molecule has 0 aliphatic rings. The summed E-state index contributed by atoms with van der Waals surface area (Å²) in [5.74, 6) is -0.607. The molecule has 0 rings (SSSR count). The van der Waals surface area contributed by atoms with Crippen molar-refractivity contribution in [1.29, 1.82) is 0 Å². The first-order valence-electron chi connectivity index (χ1n) is 9.93. The maximum absolute atomic E-state index is 11.8. The minimum Gasteiger partial charge on any atom is -0.457 e. The van der Waals surface area contributed by atoms with Crippen molar-refractivity contribution in [3.05, 3.63) is 13.2 Å². The highest BCUT2D eigenvalue weighted by molar-refractivity contribution is 5.69. The summed E-state index contributed by atoms with van der Waals surface area (Å²) in [5.41, 5.74) is 0. The van der Waals surface area contributed by atoms with Gasteiger partial charge in [-0.15, -0.1) is 13.2 Å². The van der Waals surface area contributed by atoms with E-state index in [4.69, 9.17) is 14.9 Å². The second-order valence-corrected chi connectivity index (χ2v) is 6.52. The van der Waals surface area contributed by atoms with Crippen LogP contribution in [0.4, 0.5) is 0 Å². The van der Waals surface area contributed by atoms with Crippen molar-refractivity contribution in [1.82, 2.24) is 0 Å². The monoisotopic (exact) mass is 392 g/mol. The highest BCUT2D eigenvalue weighted by atomic mass is 16.6. The number of aliphatic hydroxyl groups excluding tert-OH is 5. The van der Waals surface area contributed by atoms with Crippen molar-refractivity contribution in [2.24, 2.45) is 0 Å². The fourth-order valence-electron chi connectivity index (χ4n) is 2.60. The molecule has 0 heterocycles. The maximum atomic E-state index is 11.8. The average Bonchev–Trinajstić information content (AvgIpc) is 2.70. The first-order chi connectivity index (χ1) is 13.0. The molecule has 162 valence electrons. The Morgan fingerprint density at radius 2 is 1.26 bits per heavy atom. The third kappa shape index (κ3) is 14.7. The molecule has 0 unspecified atom stereocenters. The van der Waals surface area contributed by atoms with Gasteiger partial charge in [0.05, 0.1) is 13.2 Å². The molecule has 0 saturated carbocycles. The lowest BCUT2D eigenvalue weighted by Crippen LogP contribution is -2.49. The largest absolute Gasteiger partial charge is 0.457 e. The van der Waals surface area contributed by atoms with Crippen molar-refractivity contribution in [2.45, 2.75) is 95.5 Å². The maximum Gasteiger partial charge on any atom is 0.306 e. The van der Waals surface area contributed by atoms with Gasteiger partial charge in [0, 0.05) is 6.42 Å². The molecular formula is C20H40O7. The highest BCUT2D eigenvalue weighted by Crippen LogP contribution is 2.14. The van der Waals surface area contributed by atoms with Crippen LogP contribution in [0, 0.1) is 0 Å². The number of esters is 1. The van der Waals surface area contributed by atoms with Gasteiger partial charge in [-0.05, 0) is 6.42 Å². The number of hydrogen-bond acceptors (Lipinski definition) is 7. The second-order valence-electron chi connectivity index (χ2n) is 6.52. The van der Waals surface area contributed by atoms with Crippen LogP contribution >= 0.6 is 0 Å². The minimum atomic E-state index is -1.67. The highest BCUT2D eigenvalue weighted by Gasteiger charge is 2.34. The van der Waals surface area contributed by atoms with E-state index in [0.717, 1.165) is 19.3 Å². The Kier molecular flexibility index (Phi) is 20.7. The molecule has 0 radical (unpaired) electrons. The third-order valence-electron chi connectivity index (χ3n) is 4.24. The van der Waals surface area contributed by atoms with E-state index < -0.39 is 43.6 Å².